The molecule has 0 bridgehead atoms. The summed E-state index contributed by atoms with van der Waals surface area (Å²) < 4.78 is 0. The Labute approximate surface area is 153 Å². The van der Waals surface area contributed by atoms with E-state index in [1.807, 2.05) is 6.07 Å². The fraction of sp³-hybridized carbons (Fsp3) is 0.182. The minimum absolute atomic E-state index is 0.123. The molecule has 0 radical (unpaired) electrons. The second kappa shape index (κ2) is 6.81. The lowest BCUT2D eigenvalue weighted by Gasteiger charge is -2.19. The van der Waals surface area contributed by atoms with E-state index >= 15 is 0 Å². The molecule has 0 fully saturated rings. The first kappa shape index (κ1) is 17.4. The summed E-state index contributed by atoms with van der Waals surface area (Å²) in [6.45, 7) is 6.65. The number of carbonyl (C=O) groups excluding carboxylic acids is 1. The van der Waals surface area contributed by atoms with Gasteiger partial charge in [-0.15, -0.1) is 0 Å². The zero-order valence-electron chi connectivity index (χ0n) is 14.6. The number of aromatic nitrogens is 1. The van der Waals surface area contributed by atoms with Gasteiger partial charge in [0.15, 0.2) is 0 Å². The lowest BCUT2D eigenvalue weighted by Crippen LogP contribution is -2.10. The van der Waals surface area contributed by atoms with Crippen LogP contribution in [0, 0.1) is 0 Å². The molecule has 0 N–H and O–H groups in total. The average Bonchev–Trinajstić information content (AvgIpc) is 2.59. The number of carbonyl (C=O) groups is 1. The number of fused-ring (bicyclic) bond motifs is 1. The van der Waals surface area contributed by atoms with Crippen molar-refractivity contribution < 1.29 is 4.79 Å². The second-order valence-corrected chi connectivity index (χ2v) is 7.44. The van der Waals surface area contributed by atoms with Crippen LogP contribution >= 0.6 is 11.6 Å². The van der Waals surface area contributed by atoms with Gasteiger partial charge in [0.1, 0.15) is 11.4 Å². The molecule has 126 valence electrons. The first-order valence-electron chi connectivity index (χ1n) is 8.21. The maximum Gasteiger partial charge on any atom is 0.142 e. The topological polar surface area (TPSA) is 30.0 Å². The molecule has 0 amide bonds. The lowest BCUT2D eigenvalue weighted by molar-refractivity contribution is -0.104. The fourth-order valence-electron chi connectivity index (χ4n) is 2.87. The van der Waals surface area contributed by atoms with E-state index in [0.717, 1.165) is 23.0 Å². The molecular weight excluding hydrogens is 330 g/mol. The quantitative estimate of drug-likeness (QED) is 0.326. The van der Waals surface area contributed by atoms with Gasteiger partial charge in [-0.3, -0.25) is 4.79 Å². The van der Waals surface area contributed by atoms with Crippen molar-refractivity contribution in [3.05, 3.63) is 71.0 Å². The predicted octanol–water partition coefficient (Wildman–Crippen LogP) is 6.06. The molecule has 0 unspecified atom stereocenters. The number of nitrogens with zero attached hydrogens (tertiary/aromatic N) is 1. The summed E-state index contributed by atoms with van der Waals surface area (Å²) in [5, 5.41) is 2.77. The minimum atomic E-state index is 0.123. The van der Waals surface area contributed by atoms with Gasteiger partial charge in [0.25, 0.3) is 0 Å². The Hall–Kier alpha value is -2.45. The largest absolute Gasteiger partial charge is 0.299 e. The van der Waals surface area contributed by atoms with Crippen molar-refractivity contribution >= 4 is 34.7 Å². The molecule has 2 aromatic carbocycles. The van der Waals surface area contributed by atoms with E-state index in [1.54, 1.807) is 12.3 Å². The van der Waals surface area contributed by atoms with Crippen molar-refractivity contribution in [3.63, 3.8) is 0 Å². The first-order valence-corrected chi connectivity index (χ1v) is 8.59. The molecule has 0 aliphatic carbocycles. The molecule has 0 aliphatic heterocycles. The zero-order chi connectivity index (χ0) is 18.0. The molecule has 1 heterocycles. The van der Waals surface area contributed by atoms with Crippen LogP contribution in [-0.4, -0.2) is 11.3 Å². The Morgan fingerprint density at radius 3 is 2.44 bits per heavy atom. The van der Waals surface area contributed by atoms with Gasteiger partial charge in [-0.2, -0.15) is 0 Å². The van der Waals surface area contributed by atoms with Crippen molar-refractivity contribution in [3.8, 4) is 11.1 Å². The highest BCUT2D eigenvalue weighted by Gasteiger charge is 2.14. The van der Waals surface area contributed by atoms with Crippen LogP contribution in [-0.2, 0) is 10.2 Å². The summed E-state index contributed by atoms with van der Waals surface area (Å²) in [5.41, 5.74) is 4.19. The van der Waals surface area contributed by atoms with Crippen molar-refractivity contribution in [2.45, 2.75) is 26.2 Å². The average molecular weight is 350 g/mol. The number of aldehydes is 1. The highest BCUT2D eigenvalue weighted by atomic mass is 35.5. The van der Waals surface area contributed by atoms with Crippen LogP contribution in [0.3, 0.4) is 0 Å². The van der Waals surface area contributed by atoms with E-state index < -0.39 is 0 Å². The van der Waals surface area contributed by atoms with E-state index in [1.165, 1.54) is 22.4 Å². The first-order chi connectivity index (χ1) is 11.9. The molecule has 0 atom stereocenters. The lowest BCUT2D eigenvalue weighted by atomic mass is 9.85. The number of pyridine rings is 1. The van der Waals surface area contributed by atoms with Crippen molar-refractivity contribution in [2.24, 2.45) is 0 Å². The van der Waals surface area contributed by atoms with Crippen molar-refractivity contribution in [1.82, 2.24) is 4.98 Å². The summed E-state index contributed by atoms with van der Waals surface area (Å²) in [4.78, 5) is 14.8. The van der Waals surface area contributed by atoms with Gasteiger partial charge < -0.3 is 0 Å². The third-order valence-electron chi connectivity index (χ3n) is 4.30. The third-order valence-corrected chi connectivity index (χ3v) is 4.60. The Balaban J connectivity index is 2.13. The number of allylic oxidation sites excluding steroid dienone is 1. The molecule has 3 aromatic rings. The molecule has 0 spiro atoms. The van der Waals surface area contributed by atoms with Gasteiger partial charge in [0.05, 0.1) is 0 Å². The number of benzene rings is 2. The Morgan fingerprint density at radius 2 is 1.72 bits per heavy atom. The molecule has 0 aliphatic rings. The number of halogens is 1. The van der Waals surface area contributed by atoms with E-state index in [4.69, 9.17) is 11.6 Å². The highest BCUT2D eigenvalue weighted by molar-refractivity contribution is 6.31. The smallest absolute Gasteiger partial charge is 0.142 e. The summed E-state index contributed by atoms with van der Waals surface area (Å²) in [5.74, 6) is 0. The van der Waals surface area contributed by atoms with Gasteiger partial charge in [-0.25, -0.2) is 4.98 Å². The summed E-state index contributed by atoms with van der Waals surface area (Å²) in [6, 6.07) is 14.8. The summed E-state index contributed by atoms with van der Waals surface area (Å²) >= 11 is 6.23. The molecule has 25 heavy (non-hydrogen) atoms. The van der Waals surface area contributed by atoms with Crippen molar-refractivity contribution in [1.29, 1.82) is 0 Å². The van der Waals surface area contributed by atoms with Crippen LogP contribution in [0.4, 0.5) is 0 Å². The SMILES string of the molecule is CC(C)(C)c1ccc2cc(-c3ccnc(Cl)c3C=CC=O)ccc2c1. The van der Waals surface area contributed by atoms with Crippen LogP contribution in [0.15, 0.2) is 54.7 Å². The molecule has 0 saturated heterocycles. The molecule has 3 heteroatoms. The number of rotatable bonds is 3. The second-order valence-electron chi connectivity index (χ2n) is 7.08. The third kappa shape index (κ3) is 3.64. The normalized spacial score (nSPS) is 12.0. The van der Waals surface area contributed by atoms with Gasteiger partial charge in [-0.1, -0.05) is 62.7 Å². The summed E-state index contributed by atoms with van der Waals surface area (Å²) in [7, 11) is 0. The van der Waals surface area contributed by atoms with E-state index in [9.17, 15) is 4.79 Å². The van der Waals surface area contributed by atoms with Crippen LogP contribution in [0.5, 0.6) is 0 Å². The van der Waals surface area contributed by atoms with Gasteiger partial charge in [0, 0.05) is 11.8 Å². The molecule has 0 saturated carbocycles. The van der Waals surface area contributed by atoms with Crippen LogP contribution < -0.4 is 0 Å². The van der Waals surface area contributed by atoms with Gasteiger partial charge >= 0.3 is 0 Å². The monoisotopic (exact) mass is 349 g/mol. The standard InChI is InChI=1S/C22H20ClNO/c1-22(2,3)18-9-8-15-13-17(7-6-16(15)14-18)19-10-11-24-21(23)20(19)5-4-12-25/h4-14H,1-3H3. The van der Waals surface area contributed by atoms with E-state index in [0.29, 0.717) is 5.15 Å². The van der Waals surface area contributed by atoms with Crippen molar-refractivity contribution in [2.75, 3.05) is 0 Å². The van der Waals surface area contributed by atoms with Gasteiger partial charge in [-0.05, 0) is 57.2 Å². The predicted molar refractivity (Wildman–Crippen MR) is 106 cm³/mol. The molecular formula is C22H20ClNO. The highest BCUT2D eigenvalue weighted by Crippen LogP contribution is 2.32. The fourth-order valence-corrected chi connectivity index (χ4v) is 3.09. The molecule has 3 rings (SSSR count). The van der Waals surface area contributed by atoms with E-state index in [2.05, 4.69) is 62.2 Å². The number of hydrogen-bond donors (Lipinski definition) is 0. The Kier molecular flexibility index (Phi) is 4.73. The Morgan fingerprint density at radius 1 is 1.00 bits per heavy atom. The minimum Gasteiger partial charge on any atom is -0.299 e. The van der Waals surface area contributed by atoms with Crippen LogP contribution in [0.2, 0.25) is 5.15 Å². The Bertz CT molecular complexity index is 967. The van der Waals surface area contributed by atoms with Gasteiger partial charge in [0.2, 0.25) is 0 Å². The van der Waals surface area contributed by atoms with Crippen LogP contribution in [0.1, 0.15) is 31.9 Å². The zero-order valence-corrected chi connectivity index (χ0v) is 15.3. The van der Waals surface area contributed by atoms with E-state index in [-0.39, 0.29) is 5.41 Å². The maximum absolute atomic E-state index is 10.7. The molecule has 1 aromatic heterocycles. The number of hydrogen-bond acceptors (Lipinski definition) is 2. The maximum atomic E-state index is 10.7. The molecule has 2 nitrogen and oxygen atoms in total. The van der Waals surface area contributed by atoms with Crippen LogP contribution in [0.25, 0.3) is 28.0 Å². The summed E-state index contributed by atoms with van der Waals surface area (Å²) in [6.07, 6.45) is 5.55.